The van der Waals surface area contributed by atoms with Crippen LogP contribution in [-0.2, 0) is 9.59 Å². The first-order valence-corrected chi connectivity index (χ1v) is 6.79. The second-order valence-electron chi connectivity index (χ2n) is 6.20. The number of rotatable bonds is 2. The number of carbonyl (C=O) groups is 3. The molecule has 7 heteroatoms. The fourth-order valence-corrected chi connectivity index (χ4v) is 2.52. The van der Waals surface area contributed by atoms with Gasteiger partial charge in [-0.05, 0) is 27.9 Å². The van der Waals surface area contributed by atoms with Gasteiger partial charge in [-0.25, -0.2) is 4.79 Å². The van der Waals surface area contributed by atoms with E-state index >= 15 is 0 Å². The summed E-state index contributed by atoms with van der Waals surface area (Å²) < 4.78 is 0. The van der Waals surface area contributed by atoms with E-state index in [0.717, 1.165) is 19.6 Å². The van der Waals surface area contributed by atoms with E-state index in [1.807, 2.05) is 14.1 Å². The predicted octanol–water partition coefficient (Wildman–Crippen LogP) is -0.663. The van der Waals surface area contributed by atoms with Gasteiger partial charge in [0, 0.05) is 32.2 Å². The highest BCUT2D eigenvalue weighted by Crippen LogP contribution is 2.24. The molecule has 112 valence electrons. The zero-order valence-electron chi connectivity index (χ0n) is 12.5. The lowest BCUT2D eigenvalue weighted by Crippen LogP contribution is -2.65. The molecule has 0 aromatic carbocycles. The summed E-state index contributed by atoms with van der Waals surface area (Å²) in [5, 5.41) is 2.26. The normalized spacial score (nSPS) is 28.7. The number of imide groups is 2. The molecule has 0 saturated carbocycles. The van der Waals surface area contributed by atoms with Crippen LogP contribution in [0.2, 0.25) is 0 Å². The summed E-state index contributed by atoms with van der Waals surface area (Å²) in [5.41, 5.74) is -1.19. The van der Waals surface area contributed by atoms with E-state index < -0.39 is 23.3 Å². The van der Waals surface area contributed by atoms with Crippen molar-refractivity contribution in [3.05, 3.63) is 0 Å². The van der Waals surface area contributed by atoms with Crippen LogP contribution in [0.1, 0.15) is 13.8 Å². The SMILES string of the molecule is CN1CCN(C)C(CN2C(=O)NC(=O)C(C)(C)C2=O)C1. The first-order chi connectivity index (χ1) is 9.23. The third kappa shape index (κ3) is 2.55. The summed E-state index contributed by atoms with van der Waals surface area (Å²) >= 11 is 0. The number of likely N-dealkylation sites (N-methyl/N-ethyl adjacent to an activating group) is 2. The second-order valence-corrected chi connectivity index (χ2v) is 6.20. The average Bonchev–Trinajstić information content (AvgIpc) is 2.37. The van der Waals surface area contributed by atoms with Gasteiger partial charge in [-0.3, -0.25) is 24.7 Å². The Bertz CT molecular complexity index is 449. The van der Waals surface area contributed by atoms with E-state index in [1.54, 1.807) is 13.8 Å². The highest BCUT2D eigenvalue weighted by molar-refractivity contribution is 6.18. The highest BCUT2D eigenvalue weighted by Gasteiger charge is 2.47. The van der Waals surface area contributed by atoms with Gasteiger partial charge in [0.1, 0.15) is 5.41 Å². The fraction of sp³-hybridized carbons (Fsp3) is 0.769. The summed E-state index contributed by atoms with van der Waals surface area (Å²) in [6.45, 7) is 6.05. The van der Waals surface area contributed by atoms with Crippen molar-refractivity contribution < 1.29 is 14.4 Å². The van der Waals surface area contributed by atoms with Crippen molar-refractivity contribution >= 4 is 17.8 Å². The number of urea groups is 1. The van der Waals surface area contributed by atoms with Crippen molar-refractivity contribution in [2.75, 3.05) is 40.3 Å². The number of piperazine rings is 1. The third-order valence-corrected chi connectivity index (χ3v) is 4.19. The monoisotopic (exact) mass is 282 g/mol. The molecule has 0 aromatic heterocycles. The minimum Gasteiger partial charge on any atom is -0.303 e. The van der Waals surface area contributed by atoms with Gasteiger partial charge in [0.15, 0.2) is 0 Å². The number of nitrogens with zero attached hydrogens (tertiary/aromatic N) is 3. The molecule has 0 bridgehead atoms. The molecule has 0 radical (unpaired) electrons. The van der Waals surface area contributed by atoms with Gasteiger partial charge < -0.3 is 4.90 Å². The van der Waals surface area contributed by atoms with Crippen molar-refractivity contribution in [1.29, 1.82) is 0 Å². The molecular formula is C13H22N4O3. The van der Waals surface area contributed by atoms with Crippen LogP contribution in [0.5, 0.6) is 0 Å². The predicted molar refractivity (Wildman–Crippen MR) is 72.9 cm³/mol. The summed E-state index contributed by atoms with van der Waals surface area (Å²) in [6, 6.07) is -0.520. The maximum atomic E-state index is 12.3. The first-order valence-electron chi connectivity index (χ1n) is 6.79. The number of nitrogens with one attached hydrogen (secondary N) is 1. The maximum absolute atomic E-state index is 12.3. The van der Waals surface area contributed by atoms with Crippen LogP contribution in [0.25, 0.3) is 0 Å². The van der Waals surface area contributed by atoms with Gasteiger partial charge in [0.05, 0.1) is 0 Å². The molecule has 7 nitrogen and oxygen atoms in total. The van der Waals surface area contributed by atoms with Crippen molar-refractivity contribution in [3.63, 3.8) is 0 Å². The van der Waals surface area contributed by atoms with Crippen LogP contribution in [-0.4, -0.2) is 78.9 Å². The molecule has 2 rings (SSSR count). The molecule has 2 aliphatic heterocycles. The first kappa shape index (κ1) is 14.9. The largest absolute Gasteiger partial charge is 0.330 e. The number of hydrogen-bond acceptors (Lipinski definition) is 5. The van der Waals surface area contributed by atoms with Crippen molar-refractivity contribution in [3.8, 4) is 0 Å². The quantitative estimate of drug-likeness (QED) is 0.681. The van der Waals surface area contributed by atoms with Gasteiger partial charge in [-0.15, -0.1) is 0 Å². The van der Waals surface area contributed by atoms with Crippen LogP contribution in [0.15, 0.2) is 0 Å². The fourth-order valence-electron chi connectivity index (χ4n) is 2.52. The van der Waals surface area contributed by atoms with Crippen molar-refractivity contribution in [1.82, 2.24) is 20.0 Å². The van der Waals surface area contributed by atoms with Crippen LogP contribution in [0.4, 0.5) is 4.79 Å². The van der Waals surface area contributed by atoms with Crippen molar-refractivity contribution in [2.24, 2.45) is 5.41 Å². The lowest BCUT2D eigenvalue weighted by atomic mass is 9.88. The van der Waals surface area contributed by atoms with Crippen LogP contribution >= 0.6 is 0 Å². The average molecular weight is 282 g/mol. The summed E-state index contributed by atoms with van der Waals surface area (Å²) in [4.78, 5) is 41.4. The molecular weight excluding hydrogens is 260 g/mol. The number of hydrogen-bond donors (Lipinski definition) is 1. The Labute approximate surface area is 118 Å². The minimum atomic E-state index is -1.19. The Morgan fingerprint density at radius 1 is 1.20 bits per heavy atom. The minimum absolute atomic E-state index is 0.0902. The Morgan fingerprint density at radius 2 is 1.85 bits per heavy atom. The number of barbiturate groups is 1. The molecule has 4 amide bonds. The molecule has 2 saturated heterocycles. The Kier molecular flexibility index (Phi) is 3.84. The number of carbonyl (C=O) groups excluding carboxylic acids is 3. The molecule has 1 atom stereocenters. The molecule has 1 N–H and O–H groups in total. The molecule has 20 heavy (non-hydrogen) atoms. The van der Waals surface area contributed by atoms with E-state index in [2.05, 4.69) is 15.1 Å². The summed E-state index contributed by atoms with van der Waals surface area (Å²) in [7, 11) is 4.01. The van der Waals surface area contributed by atoms with Gasteiger partial charge in [0.25, 0.3) is 0 Å². The summed E-state index contributed by atoms with van der Waals surface area (Å²) in [5.74, 6) is -0.953. The van der Waals surface area contributed by atoms with E-state index in [1.165, 1.54) is 4.90 Å². The van der Waals surface area contributed by atoms with E-state index in [9.17, 15) is 14.4 Å². The standard InChI is InChI=1S/C13H22N4O3/c1-13(2)10(18)14-12(20)17(11(13)19)8-9-7-15(3)5-6-16(9)4/h9H,5-8H2,1-4H3,(H,14,18,20). The van der Waals surface area contributed by atoms with Gasteiger partial charge in [-0.1, -0.05) is 0 Å². The smallest absolute Gasteiger partial charge is 0.303 e. The lowest BCUT2D eigenvalue weighted by Gasteiger charge is -2.42. The molecule has 1 unspecified atom stereocenters. The lowest BCUT2D eigenvalue weighted by molar-refractivity contribution is -0.149. The molecule has 2 heterocycles. The van der Waals surface area contributed by atoms with Crippen LogP contribution < -0.4 is 5.32 Å². The number of amides is 4. The van der Waals surface area contributed by atoms with Crippen molar-refractivity contribution in [2.45, 2.75) is 19.9 Å². The Balaban J connectivity index is 2.13. The molecule has 2 fully saturated rings. The molecule has 0 aliphatic carbocycles. The second kappa shape index (κ2) is 5.14. The maximum Gasteiger partial charge on any atom is 0.330 e. The summed E-state index contributed by atoms with van der Waals surface area (Å²) in [6.07, 6.45) is 0. The Hall–Kier alpha value is -1.47. The van der Waals surface area contributed by atoms with E-state index in [4.69, 9.17) is 0 Å². The zero-order valence-corrected chi connectivity index (χ0v) is 12.5. The Morgan fingerprint density at radius 3 is 2.50 bits per heavy atom. The molecule has 0 spiro atoms. The van der Waals surface area contributed by atoms with Gasteiger partial charge in [0.2, 0.25) is 11.8 Å². The van der Waals surface area contributed by atoms with E-state index in [0.29, 0.717) is 6.54 Å². The highest BCUT2D eigenvalue weighted by atomic mass is 16.2. The van der Waals surface area contributed by atoms with Gasteiger partial charge >= 0.3 is 6.03 Å². The van der Waals surface area contributed by atoms with Crippen LogP contribution in [0.3, 0.4) is 0 Å². The molecule has 2 aliphatic rings. The van der Waals surface area contributed by atoms with Crippen LogP contribution in [0, 0.1) is 5.41 Å². The zero-order chi connectivity index (χ0) is 15.1. The van der Waals surface area contributed by atoms with E-state index in [-0.39, 0.29) is 6.04 Å². The topological polar surface area (TPSA) is 73.0 Å². The molecule has 0 aromatic rings. The van der Waals surface area contributed by atoms with Gasteiger partial charge in [-0.2, -0.15) is 0 Å². The third-order valence-electron chi connectivity index (χ3n) is 4.19.